The van der Waals surface area contributed by atoms with Crippen LogP contribution in [-0.4, -0.2) is 76.4 Å². The molecule has 3 rings (SSSR count). The molecule has 1 unspecified atom stereocenters. The molecule has 1 aromatic carbocycles. The zero-order chi connectivity index (χ0) is 37.6. The number of aromatic amines is 1. The van der Waals surface area contributed by atoms with Crippen molar-refractivity contribution < 1.29 is 27.9 Å². The molecule has 0 radical (unpaired) electrons. The molecule has 1 aromatic heterocycles. The number of unbranched alkanes of at least 4 members (excludes halogenated alkanes) is 1. The highest BCUT2D eigenvalue weighted by atomic mass is 32.2. The lowest BCUT2D eigenvalue weighted by Crippen LogP contribution is -2.55. The number of carbonyl (C=O) groups excluding carboxylic acids is 3. The second kappa shape index (κ2) is 20.1. The molecule has 12 heteroatoms. The van der Waals surface area contributed by atoms with E-state index in [4.69, 9.17) is 0 Å². The van der Waals surface area contributed by atoms with Gasteiger partial charge in [0.15, 0.2) is 9.84 Å². The fourth-order valence-corrected chi connectivity index (χ4v) is 8.06. The van der Waals surface area contributed by atoms with Gasteiger partial charge in [-0.15, -0.1) is 0 Å². The molecule has 0 spiro atoms. The number of imidazole rings is 1. The van der Waals surface area contributed by atoms with E-state index in [2.05, 4.69) is 32.8 Å². The van der Waals surface area contributed by atoms with Gasteiger partial charge >= 0.3 is 0 Å². The minimum atomic E-state index is -3.69. The summed E-state index contributed by atoms with van der Waals surface area (Å²) in [5.41, 5.74) is 1.43. The fourth-order valence-electron chi connectivity index (χ4n) is 6.76. The van der Waals surface area contributed by atoms with Crippen LogP contribution in [0.4, 0.5) is 0 Å². The van der Waals surface area contributed by atoms with Gasteiger partial charge in [0.2, 0.25) is 17.7 Å². The summed E-state index contributed by atoms with van der Waals surface area (Å²) in [7, 11) is -3.69. The number of aromatic nitrogens is 2. The van der Waals surface area contributed by atoms with Gasteiger partial charge in [-0.2, -0.15) is 0 Å². The van der Waals surface area contributed by atoms with E-state index in [1.807, 2.05) is 44.2 Å². The van der Waals surface area contributed by atoms with Crippen molar-refractivity contribution in [3.8, 4) is 0 Å². The van der Waals surface area contributed by atoms with Crippen LogP contribution in [0.25, 0.3) is 0 Å². The van der Waals surface area contributed by atoms with Gasteiger partial charge in [-0.1, -0.05) is 89.6 Å². The second-order valence-corrected chi connectivity index (χ2v) is 18.6. The number of rotatable bonds is 20. The largest absolute Gasteiger partial charge is 0.391 e. The predicted octanol–water partition coefficient (Wildman–Crippen LogP) is 4.90. The van der Waals surface area contributed by atoms with Gasteiger partial charge in [-0.3, -0.25) is 14.4 Å². The number of nitrogens with zero attached hydrogens (tertiary/aromatic N) is 1. The number of amides is 3. The highest BCUT2D eigenvalue weighted by Crippen LogP contribution is 2.30. The highest BCUT2D eigenvalue weighted by molar-refractivity contribution is 7.92. The Kier molecular flexibility index (Phi) is 16.6. The van der Waals surface area contributed by atoms with Crippen LogP contribution in [0.15, 0.2) is 42.9 Å². The van der Waals surface area contributed by atoms with Crippen LogP contribution < -0.4 is 16.0 Å². The summed E-state index contributed by atoms with van der Waals surface area (Å²) < 4.78 is 25.7. The molecule has 1 aliphatic carbocycles. The van der Waals surface area contributed by atoms with Gasteiger partial charge in [-0.05, 0) is 63.9 Å². The van der Waals surface area contributed by atoms with Crippen LogP contribution in [0.2, 0.25) is 0 Å². The SMILES string of the molecule is CCCCNC(=O)[C@@H](C[C@H](O)[C@H](CC1CCCCC1)NC(=O)[C@H](Cc1cnc[nH]1)NC(=O)C(Cc1ccccc1)CS(=O)(=O)C(C)(C)C)C(C)C. The summed E-state index contributed by atoms with van der Waals surface area (Å²) in [4.78, 5) is 48.6. The molecule has 5 atom stereocenters. The summed E-state index contributed by atoms with van der Waals surface area (Å²) in [5.74, 6) is -2.60. The number of hydrogen-bond donors (Lipinski definition) is 5. The number of carbonyl (C=O) groups is 3. The maximum absolute atomic E-state index is 14.2. The molecule has 0 aliphatic heterocycles. The molecule has 1 fully saturated rings. The Morgan fingerprint density at radius 2 is 1.67 bits per heavy atom. The van der Waals surface area contributed by atoms with Crippen LogP contribution in [0, 0.1) is 23.7 Å². The summed E-state index contributed by atoms with van der Waals surface area (Å²) in [6.07, 6.45) is 10.3. The third-order valence-corrected chi connectivity index (χ3v) is 12.9. The number of sulfone groups is 1. The smallest absolute Gasteiger partial charge is 0.243 e. The molecule has 51 heavy (non-hydrogen) atoms. The van der Waals surface area contributed by atoms with E-state index in [1.54, 1.807) is 27.0 Å². The third kappa shape index (κ3) is 13.7. The van der Waals surface area contributed by atoms with Crippen LogP contribution in [0.5, 0.6) is 0 Å². The molecule has 5 N–H and O–H groups in total. The molecule has 1 aliphatic rings. The van der Waals surface area contributed by atoms with Crippen LogP contribution in [0.1, 0.15) is 111 Å². The van der Waals surface area contributed by atoms with Crippen LogP contribution in [0.3, 0.4) is 0 Å². The van der Waals surface area contributed by atoms with Crippen molar-refractivity contribution in [1.29, 1.82) is 0 Å². The summed E-state index contributed by atoms with van der Waals surface area (Å²) in [5, 5.41) is 20.7. The molecule has 1 saturated carbocycles. The molecule has 2 aromatic rings. The Bertz CT molecular complexity index is 1450. The first-order valence-corrected chi connectivity index (χ1v) is 20.6. The summed E-state index contributed by atoms with van der Waals surface area (Å²) >= 11 is 0. The maximum Gasteiger partial charge on any atom is 0.243 e. The molecular weight excluding hydrogens is 667 g/mol. The summed E-state index contributed by atoms with van der Waals surface area (Å²) in [6, 6.07) is 7.52. The van der Waals surface area contributed by atoms with E-state index in [0.717, 1.165) is 50.5 Å². The number of nitrogens with one attached hydrogen (secondary N) is 4. The van der Waals surface area contributed by atoms with Crippen molar-refractivity contribution in [2.75, 3.05) is 12.3 Å². The van der Waals surface area contributed by atoms with Crippen molar-refractivity contribution in [3.63, 3.8) is 0 Å². The van der Waals surface area contributed by atoms with Crippen LogP contribution >= 0.6 is 0 Å². The molecule has 3 amide bonds. The maximum atomic E-state index is 14.2. The van der Waals surface area contributed by atoms with Gasteiger partial charge in [0.1, 0.15) is 6.04 Å². The van der Waals surface area contributed by atoms with Gasteiger partial charge in [0.05, 0.1) is 34.9 Å². The Morgan fingerprint density at radius 3 is 2.25 bits per heavy atom. The van der Waals surface area contributed by atoms with Gasteiger partial charge in [0.25, 0.3) is 0 Å². The Labute approximate surface area is 305 Å². The third-order valence-electron chi connectivity index (χ3n) is 10.2. The zero-order valence-corrected chi connectivity index (χ0v) is 32.4. The standard InChI is InChI=1S/C39H63N5O6S/c1-7-8-19-41-37(47)32(27(2)3)23-35(45)33(21-29-17-13-10-14-18-29)43-38(48)34(22-31-24-40-26-42-31)44-36(46)30(20-28-15-11-9-12-16-28)25-51(49,50)39(4,5)6/h9,11-12,15-16,24,26-27,29-30,32-35,45H,7-8,10,13-14,17-23,25H2,1-6H3,(H,40,42)(H,41,47)(H,43,48)(H,44,46)/t30?,32-,33-,34-,35-/m0/s1. The normalized spacial score (nSPS) is 17.3. The lowest BCUT2D eigenvalue weighted by atomic mass is 9.81. The van der Waals surface area contributed by atoms with Crippen LogP contribution in [-0.2, 0) is 37.1 Å². The first kappa shape index (κ1) is 42.2. The number of hydrogen-bond acceptors (Lipinski definition) is 7. The quantitative estimate of drug-likeness (QED) is 0.121. The lowest BCUT2D eigenvalue weighted by molar-refractivity contribution is -0.132. The fraction of sp³-hybridized carbons (Fsp3) is 0.692. The predicted molar refractivity (Wildman–Crippen MR) is 201 cm³/mol. The van der Waals surface area contributed by atoms with E-state index in [9.17, 15) is 27.9 Å². The number of aliphatic hydroxyl groups is 1. The summed E-state index contributed by atoms with van der Waals surface area (Å²) in [6.45, 7) is 11.4. The molecule has 286 valence electrons. The zero-order valence-electron chi connectivity index (χ0n) is 31.6. The number of H-pyrrole nitrogens is 1. The highest BCUT2D eigenvalue weighted by Gasteiger charge is 2.37. The number of benzene rings is 1. The van der Waals surface area contributed by atoms with Gasteiger partial charge in [-0.25, -0.2) is 13.4 Å². The Morgan fingerprint density at radius 1 is 0.980 bits per heavy atom. The number of aliphatic hydroxyl groups excluding tert-OH is 1. The minimum absolute atomic E-state index is 0.0225. The molecule has 0 bridgehead atoms. The van der Waals surface area contributed by atoms with Crippen molar-refractivity contribution >= 4 is 27.6 Å². The van der Waals surface area contributed by atoms with E-state index < -0.39 is 56.4 Å². The van der Waals surface area contributed by atoms with Gasteiger partial charge < -0.3 is 26.0 Å². The van der Waals surface area contributed by atoms with E-state index in [0.29, 0.717) is 24.6 Å². The van der Waals surface area contributed by atoms with E-state index in [-0.39, 0.29) is 36.8 Å². The molecule has 0 saturated heterocycles. The first-order chi connectivity index (χ1) is 24.1. The Hall–Kier alpha value is -3.25. The van der Waals surface area contributed by atoms with Crippen molar-refractivity contribution in [2.45, 2.75) is 135 Å². The molecule has 1 heterocycles. The average molecular weight is 730 g/mol. The Balaban J connectivity index is 1.89. The van der Waals surface area contributed by atoms with E-state index >= 15 is 0 Å². The topological polar surface area (TPSA) is 170 Å². The molecular formula is C39H63N5O6S. The molecule has 11 nitrogen and oxygen atoms in total. The minimum Gasteiger partial charge on any atom is -0.391 e. The lowest BCUT2D eigenvalue weighted by Gasteiger charge is -2.33. The first-order valence-electron chi connectivity index (χ1n) is 18.9. The second-order valence-electron chi connectivity index (χ2n) is 15.8. The van der Waals surface area contributed by atoms with Crippen molar-refractivity contribution in [2.24, 2.45) is 23.7 Å². The van der Waals surface area contributed by atoms with Crippen molar-refractivity contribution in [1.82, 2.24) is 25.9 Å². The van der Waals surface area contributed by atoms with Crippen molar-refractivity contribution in [3.05, 3.63) is 54.1 Å². The van der Waals surface area contributed by atoms with E-state index in [1.165, 1.54) is 6.33 Å². The van der Waals surface area contributed by atoms with Gasteiger partial charge in [0, 0.05) is 30.8 Å². The monoisotopic (exact) mass is 729 g/mol. The average Bonchev–Trinajstić information content (AvgIpc) is 3.59.